The maximum absolute atomic E-state index is 12.6. The molecule has 2 aliphatic rings. The van der Waals surface area contributed by atoms with Gasteiger partial charge in [0.15, 0.2) is 0 Å². The Morgan fingerprint density at radius 3 is 2.77 bits per heavy atom. The van der Waals surface area contributed by atoms with E-state index in [2.05, 4.69) is 4.99 Å². The van der Waals surface area contributed by atoms with E-state index < -0.39 is 0 Å². The van der Waals surface area contributed by atoms with E-state index in [0.717, 1.165) is 23.2 Å². The third-order valence-electron chi connectivity index (χ3n) is 4.18. The van der Waals surface area contributed by atoms with E-state index in [-0.39, 0.29) is 11.9 Å². The molecule has 2 N–H and O–H groups in total. The van der Waals surface area contributed by atoms with Gasteiger partial charge in [0.25, 0.3) is 5.91 Å². The number of rotatable bonds is 2. The van der Waals surface area contributed by atoms with Crippen LogP contribution in [0.25, 0.3) is 0 Å². The predicted octanol–water partition coefficient (Wildman–Crippen LogP) is 2.76. The fourth-order valence-corrected chi connectivity index (χ4v) is 2.97. The minimum atomic E-state index is 0.0300. The Balaban J connectivity index is 1.55. The van der Waals surface area contributed by atoms with Gasteiger partial charge in [0.2, 0.25) is 0 Å². The molecule has 1 atom stereocenters. The van der Waals surface area contributed by atoms with Crippen LogP contribution >= 0.6 is 11.6 Å². The van der Waals surface area contributed by atoms with E-state index >= 15 is 0 Å². The lowest BCUT2D eigenvalue weighted by Crippen LogP contribution is -2.15. The number of carbonyl (C=O) groups excluding carboxylic acids is 1. The Morgan fingerprint density at radius 2 is 2.00 bits per heavy atom. The number of nitrogens with zero attached hydrogens (tertiary/aromatic N) is 2. The maximum Gasteiger partial charge on any atom is 0.254 e. The van der Waals surface area contributed by atoms with Crippen LogP contribution in [0.3, 0.4) is 0 Å². The minimum absolute atomic E-state index is 0.0300. The molecular formula is C17H14ClN3O. The zero-order chi connectivity index (χ0) is 15.3. The second kappa shape index (κ2) is 4.85. The highest BCUT2D eigenvalue weighted by Gasteiger charge is 2.40. The molecule has 0 spiro atoms. The normalized spacial score (nSPS) is 18.9. The van der Waals surface area contributed by atoms with E-state index in [1.165, 1.54) is 0 Å². The second-order valence-corrected chi connectivity index (χ2v) is 6.03. The number of aliphatic imine (C=N–C) groups is 1. The molecule has 1 saturated heterocycles. The van der Waals surface area contributed by atoms with Crippen molar-refractivity contribution in [3.05, 3.63) is 69.7 Å². The number of hydrogen-bond acceptors (Lipinski definition) is 3. The average Bonchev–Trinajstić information content (AvgIpc) is 3.25. The molecule has 0 radical (unpaired) electrons. The third kappa shape index (κ3) is 2.16. The molecule has 0 aromatic heterocycles. The molecular weight excluding hydrogens is 298 g/mol. The molecule has 1 unspecified atom stereocenters. The second-order valence-electron chi connectivity index (χ2n) is 5.60. The van der Waals surface area contributed by atoms with Crippen molar-refractivity contribution >= 4 is 23.3 Å². The number of halogens is 1. The third-order valence-corrected chi connectivity index (χ3v) is 4.43. The summed E-state index contributed by atoms with van der Waals surface area (Å²) in [5.41, 5.74) is 9.59. The maximum atomic E-state index is 12.6. The summed E-state index contributed by atoms with van der Waals surface area (Å²) in [7, 11) is 0. The van der Waals surface area contributed by atoms with Gasteiger partial charge in [0, 0.05) is 22.7 Å². The van der Waals surface area contributed by atoms with Crippen LogP contribution in [0.2, 0.25) is 5.02 Å². The van der Waals surface area contributed by atoms with E-state index in [9.17, 15) is 4.79 Å². The first kappa shape index (κ1) is 13.3. The smallest absolute Gasteiger partial charge is 0.254 e. The van der Waals surface area contributed by atoms with Crippen LogP contribution in [-0.4, -0.2) is 23.2 Å². The minimum Gasteiger partial charge on any atom is -0.383 e. The Hall–Kier alpha value is -2.33. The highest BCUT2D eigenvalue weighted by atomic mass is 35.5. The van der Waals surface area contributed by atoms with E-state index in [0.29, 0.717) is 23.0 Å². The van der Waals surface area contributed by atoms with Crippen LogP contribution in [0.1, 0.15) is 33.1 Å². The van der Waals surface area contributed by atoms with Gasteiger partial charge in [-0.15, -0.1) is 0 Å². The predicted molar refractivity (Wildman–Crippen MR) is 86.1 cm³/mol. The molecule has 110 valence electrons. The van der Waals surface area contributed by atoms with Crippen molar-refractivity contribution in [2.24, 2.45) is 10.7 Å². The van der Waals surface area contributed by atoms with E-state index in [1.807, 2.05) is 47.4 Å². The molecule has 2 aliphatic heterocycles. The summed E-state index contributed by atoms with van der Waals surface area (Å²) in [4.78, 5) is 18.6. The van der Waals surface area contributed by atoms with Crippen LogP contribution in [0.4, 0.5) is 0 Å². The summed E-state index contributed by atoms with van der Waals surface area (Å²) < 4.78 is 0. The Morgan fingerprint density at radius 1 is 1.23 bits per heavy atom. The standard InChI is InChI=1S/C17H14ClN3O/c18-13-5-3-10(4-6-13)15-9-21(15)17(22)11-1-2-12-8-20-16(19)14(12)7-11/h1-7,15H,8-9H2,(H2,19,20). The molecule has 4 rings (SSSR count). The van der Waals surface area contributed by atoms with E-state index in [1.54, 1.807) is 0 Å². The van der Waals surface area contributed by atoms with E-state index in [4.69, 9.17) is 17.3 Å². The lowest BCUT2D eigenvalue weighted by atomic mass is 10.0. The van der Waals surface area contributed by atoms with Crippen molar-refractivity contribution in [2.45, 2.75) is 12.6 Å². The molecule has 2 aromatic rings. The van der Waals surface area contributed by atoms with Gasteiger partial charge in [-0.05, 0) is 35.4 Å². The van der Waals surface area contributed by atoms with Crippen molar-refractivity contribution in [2.75, 3.05) is 6.54 Å². The van der Waals surface area contributed by atoms with Crippen molar-refractivity contribution in [1.82, 2.24) is 4.90 Å². The average molecular weight is 312 g/mol. The summed E-state index contributed by atoms with van der Waals surface area (Å²) in [6.45, 7) is 1.34. The van der Waals surface area contributed by atoms with Gasteiger partial charge in [-0.1, -0.05) is 29.8 Å². The lowest BCUT2D eigenvalue weighted by molar-refractivity contribution is 0.0874. The summed E-state index contributed by atoms with van der Waals surface area (Å²) in [6, 6.07) is 13.4. The molecule has 0 bridgehead atoms. The first-order valence-electron chi connectivity index (χ1n) is 7.13. The zero-order valence-corrected chi connectivity index (χ0v) is 12.5. The van der Waals surface area contributed by atoms with Gasteiger partial charge in [0.05, 0.1) is 12.6 Å². The summed E-state index contributed by atoms with van der Waals surface area (Å²) in [5.74, 6) is 0.548. The molecule has 4 nitrogen and oxygen atoms in total. The Bertz CT molecular complexity index is 798. The van der Waals surface area contributed by atoms with Crippen molar-refractivity contribution in [3.8, 4) is 0 Å². The fraction of sp³-hybridized carbons (Fsp3) is 0.176. The quantitative estimate of drug-likeness (QED) is 0.867. The largest absolute Gasteiger partial charge is 0.383 e. The molecule has 2 aromatic carbocycles. The van der Waals surface area contributed by atoms with Gasteiger partial charge in [-0.3, -0.25) is 9.79 Å². The van der Waals surface area contributed by atoms with Crippen LogP contribution in [0, 0.1) is 0 Å². The SMILES string of the molecule is NC1=NCc2ccc(C(=O)N3CC3c3ccc(Cl)cc3)cc21. The molecule has 2 heterocycles. The van der Waals surface area contributed by atoms with Crippen LogP contribution < -0.4 is 5.73 Å². The Labute approximate surface area is 133 Å². The summed E-state index contributed by atoms with van der Waals surface area (Å²) in [5, 5.41) is 0.704. The molecule has 0 saturated carbocycles. The van der Waals surface area contributed by atoms with Gasteiger partial charge in [-0.25, -0.2) is 0 Å². The first-order chi connectivity index (χ1) is 10.6. The van der Waals surface area contributed by atoms with Gasteiger partial charge >= 0.3 is 0 Å². The molecule has 22 heavy (non-hydrogen) atoms. The zero-order valence-electron chi connectivity index (χ0n) is 11.8. The number of hydrogen-bond donors (Lipinski definition) is 1. The van der Waals surface area contributed by atoms with Crippen LogP contribution in [0.5, 0.6) is 0 Å². The highest BCUT2D eigenvalue weighted by molar-refractivity contribution is 6.30. The van der Waals surface area contributed by atoms with Crippen LogP contribution in [0.15, 0.2) is 47.5 Å². The number of carbonyl (C=O) groups is 1. The number of fused-ring (bicyclic) bond motifs is 1. The summed E-state index contributed by atoms with van der Waals surface area (Å²) >= 11 is 5.90. The van der Waals surface area contributed by atoms with Crippen molar-refractivity contribution < 1.29 is 4.79 Å². The molecule has 0 aliphatic carbocycles. The summed E-state index contributed by atoms with van der Waals surface area (Å²) in [6.07, 6.45) is 0. The van der Waals surface area contributed by atoms with Gasteiger partial charge in [-0.2, -0.15) is 0 Å². The monoisotopic (exact) mass is 311 g/mol. The lowest BCUT2D eigenvalue weighted by Gasteiger charge is -2.07. The number of nitrogens with two attached hydrogens (primary N) is 1. The van der Waals surface area contributed by atoms with Gasteiger partial charge < -0.3 is 10.6 Å². The van der Waals surface area contributed by atoms with Crippen LogP contribution in [-0.2, 0) is 6.54 Å². The number of amides is 1. The topological polar surface area (TPSA) is 58.5 Å². The number of benzene rings is 2. The van der Waals surface area contributed by atoms with Crippen molar-refractivity contribution in [1.29, 1.82) is 0 Å². The first-order valence-corrected chi connectivity index (χ1v) is 7.51. The molecule has 1 amide bonds. The molecule has 5 heteroatoms. The molecule has 1 fully saturated rings. The Kier molecular flexibility index (Phi) is 2.94. The van der Waals surface area contributed by atoms with Gasteiger partial charge in [0.1, 0.15) is 5.84 Å². The highest BCUT2D eigenvalue weighted by Crippen LogP contribution is 2.37. The fourth-order valence-electron chi connectivity index (χ4n) is 2.84. The van der Waals surface area contributed by atoms with Crippen molar-refractivity contribution in [3.63, 3.8) is 0 Å². The number of amidine groups is 1.